The molecular weight excluding hydrogens is 512 g/mol. The summed E-state index contributed by atoms with van der Waals surface area (Å²) in [5.74, 6) is 0.357. The Hall–Kier alpha value is -4.43. The molecule has 7 nitrogen and oxygen atoms in total. The lowest BCUT2D eigenvalue weighted by Gasteiger charge is -2.27. The second kappa shape index (κ2) is 11.1. The van der Waals surface area contributed by atoms with Gasteiger partial charge in [0.05, 0.1) is 36.6 Å². The molecule has 0 N–H and O–H groups in total. The van der Waals surface area contributed by atoms with Crippen molar-refractivity contribution in [3.8, 4) is 11.5 Å². The van der Waals surface area contributed by atoms with Crippen molar-refractivity contribution in [3.63, 3.8) is 0 Å². The normalized spacial score (nSPS) is 15.0. The van der Waals surface area contributed by atoms with Crippen LogP contribution in [-0.4, -0.2) is 31.4 Å². The van der Waals surface area contributed by atoms with Crippen molar-refractivity contribution >= 4 is 29.1 Å². The minimum atomic E-state index is -0.860. The van der Waals surface area contributed by atoms with Crippen LogP contribution in [0.1, 0.15) is 35.2 Å². The number of fused-ring (bicyclic) bond motifs is 1. The van der Waals surface area contributed by atoms with Gasteiger partial charge in [-0.15, -0.1) is 0 Å². The van der Waals surface area contributed by atoms with Gasteiger partial charge in [-0.25, -0.2) is 9.79 Å². The topological polar surface area (TPSA) is 79.1 Å². The van der Waals surface area contributed by atoms with E-state index in [0.717, 1.165) is 16.7 Å². The molecule has 1 aliphatic heterocycles. The number of rotatable bonds is 7. The summed E-state index contributed by atoms with van der Waals surface area (Å²) in [6.45, 7) is 3.93. The molecule has 0 radical (unpaired) electrons. The maximum Gasteiger partial charge on any atom is 0.338 e. The largest absolute Gasteiger partial charge is 0.493 e. The number of nitrogens with zero attached hydrogens (tertiary/aromatic N) is 2. The number of ether oxygens (including phenoxy) is 3. The molecule has 5 rings (SSSR count). The Bertz CT molecular complexity index is 1730. The minimum absolute atomic E-state index is 0.171. The van der Waals surface area contributed by atoms with E-state index >= 15 is 0 Å². The summed E-state index contributed by atoms with van der Waals surface area (Å²) in [6, 6.07) is 21.9. The third kappa shape index (κ3) is 4.91. The summed E-state index contributed by atoms with van der Waals surface area (Å²) >= 11 is 1.28. The van der Waals surface area contributed by atoms with Crippen LogP contribution in [0.4, 0.5) is 0 Å². The van der Waals surface area contributed by atoms with E-state index in [-0.39, 0.29) is 17.7 Å². The van der Waals surface area contributed by atoms with Crippen LogP contribution in [0.25, 0.3) is 11.8 Å². The fraction of sp³-hybridized carbons (Fsp3) is 0.194. The highest BCUT2D eigenvalue weighted by molar-refractivity contribution is 7.07. The van der Waals surface area contributed by atoms with Gasteiger partial charge in [-0.2, -0.15) is 0 Å². The fourth-order valence-electron chi connectivity index (χ4n) is 4.68. The highest BCUT2D eigenvalue weighted by atomic mass is 32.1. The van der Waals surface area contributed by atoms with Crippen molar-refractivity contribution < 1.29 is 19.0 Å². The van der Waals surface area contributed by atoms with Crippen molar-refractivity contribution in [2.75, 3.05) is 20.8 Å². The van der Waals surface area contributed by atoms with Crippen LogP contribution < -0.4 is 24.4 Å². The van der Waals surface area contributed by atoms with Crippen LogP contribution in [0.2, 0.25) is 0 Å². The molecule has 3 aromatic carbocycles. The quantitative estimate of drug-likeness (QED) is 0.328. The molecule has 39 heavy (non-hydrogen) atoms. The van der Waals surface area contributed by atoms with E-state index in [1.807, 2.05) is 79.7 Å². The van der Waals surface area contributed by atoms with Crippen molar-refractivity contribution in [1.29, 1.82) is 0 Å². The van der Waals surface area contributed by atoms with Gasteiger partial charge in [-0.3, -0.25) is 9.36 Å². The number of aromatic nitrogens is 1. The third-order valence-corrected chi connectivity index (χ3v) is 7.46. The first-order chi connectivity index (χ1) is 19.0. The number of para-hydroxylation sites is 1. The van der Waals surface area contributed by atoms with Crippen molar-refractivity contribution in [3.05, 3.63) is 120 Å². The second-order valence-corrected chi connectivity index (χ2v) is 9.93. The van der Waals surface area contributed by atoms with Crippen molar-refractivity contribution in [2.24, 2.45) is 4.99 Å². The number of carbonyl (C=O) groups is 1. The van der Waals surface area contributed by atoms with Gasteiger partial charge in [0.2, 0.25) is 0 Å². The van der Waals surface area contributed by atoms with Crippen LogP contribution >= 0.6 is 11.3 Å². The summed E-state index contributed by atoms with van der Waals surface area (Å²) in [4.78, 5) is 33.0. The maximum atomic E-state index is 14.0. The highest BCUT2D eigenvalue weighted by Gasteiger charge is 2.37. The molecule has 198 valence electrons. The molecule has 2 heterocycles. The highest BCUT2D eigenvalue weighted by Crippen LogP contribution is 2.42. The van der Waals surface area contributed by atoms with Crippen LogP contribution in [0.3, 0.4) is 0 Å². The first-order valence-electron chi connectivity index (χ1n) is 12.5. The average molecular weight is 541 g/mol. The number of benzene rings is 3. The molecule has 0 saturated carbocycles. The Kier molecular flexibility index (Phi) is 7.47. The summed E-state index contributed by atoms with van der Waals surface area (Å²) in [7, 11) is 3.08. The monoisotopic (exact) mass is 540 g/mol. The van der Waals surface area contributed by atoms with E-state index in [2.05, 4.69) is 0 Å². The van der Waals surface area contributed by atoms with E-state index in [4.69, 9.17) is 19.2 Å². The molecule has 0 spiro atoms. The zero-order valence-electron chi connectivity index (χ0n) is 22.1. The number of thiazole rings is 1. The lowest BCUT2D eigenvalue weighted by atomic mass is 9.92. The predicted molar refractivity (Wildman–Crippen MR) is 152 cm³/mol. The lowest BCUT2D eigenvalue weighted by Crippen LogP contribution is -2.40. The Morgan fingerprint density at radius 1 is 1.00 bits per heavy atom. The fourth-order valence-corrected chi connectivity index (χ4v) is 5.68. The van der Waals surface area contributed by atoms with Gasteiger partial charge in [0.1, 0.15) is 6.04 Å². The molecule has 1 aromatic heterocycles. The van der Waals surface area contributed by atoms with Crippen LogP contribution in [0.15, 0.2) is 88.2 Å². The lowest BCUT2D eigenvalue weighted by molar-refractivity contribution is -0.138. The SMILES string of the molecule is CCOC(=O)C1=C(c2ccccc2)N=c2sc(=Cc3ccc(C)cc3)c(=O)n2C1c1cccc(OC)c1OC. The van der Waals surface area contributed by atoms with E-state index in [1.54, 1.807) is 24.7 Å². The first-order valence-corrected chi connectivity index (χ1v) is 13.3. The number of methoxy groups -OCH3 is 2. The summed E-state index contributed by atoms with van der Waals surface area (Å²) in [5, 5.41) is 0. The Morgan fingerprint density at radius 2 is 1.74 bits per heavy atom. The summed E-state index contributed by atoms with van der Waals surface area (Å²) < 4.78 is 18.9. The third-order valence-electron chi connectivity index (χ3n) is 6.48. The van der Waals surface area contributed by atoms with Gasteiger partial charge >= 0.3 is 5.97 Å². The average Bonchev–Trinajstić information content (AvgIpc) is 3.27. The van der Waals surface area contributed by atoms with E-state index < -0.39 is 12.0 Å². The van der Waals surface area contributed by atoms with Gasteiger partial charge in [-0.05, 0) is 31.6 Å². The molecule has 0 saturated heterocycles. The zero-order valence-corrected chi connectivity index (χ0v) is 23.0. The number of carbonyl (C=O) groups excluding carboxylic acids is 1. The van der Waals surface area contributed by atoms with Crippen molar-refractivity contribution in [2.45, 2.75) is 19.9 Å². The zero-order chi connectivity index (χ0) is 27.5. The first kappa shape index (κ1) is 26.2. The number of hydrogen-bond donors (Lipinski definition) is 0. The van der Waals surface area contributed by atoms with Crippen LogP contribution in [0.5, 0.6) is 11.5 Å². The smallest absolute Gasteiger partial charge is 0.338 e. The number of esters is 1. The summed E-state index contributed by atoms with van der Waals surface area (Å²) in [5.41, 5.74) is 3.80. The van der Waals surface area contributed by atoms with Gasteiger partial charge in [0.25, 0.3) is 5.56 Å². The van der Waals surface area contributed by atoms with E-state index in [1.165, 1.54) is 18.4 Å². The maximum absolute atomic E-state index is 14.0. The molecule has 4 aromatic rings. The van der Waals surface area contributed by atoms with Gasteiger partial charge in [0, 0.05) is 11.1 Å². The van der Waals surface area contributed by atoms with Gasteiger partial charge < -0.3 is 14.2 Å². The molecule has 0 amide bonds. The molecule has 0 bridgehead atoms. The van der Waals surface area contributed by atoms with Gasteiger partial charge in [-0.1, -0.05) is 83.6 Å². The number of hydrogen-bond acceptors (Lipinski definition) is 7. The molecule has 0 fully saturated rings. The molecule has 1 unspecified atom stereocenters. The Balaban J connectivity index is 1.88. The van der Waals surface area contributed by atoms with Crippen LogP contribution in [-0.2, 0) is 9.53 Å². The standard InChI is InChI=1S/C31H28N2O5S/c1-5-38-30(35)25-26(21-10-7-6-8-11-21)32-31-33(27(25)22-12-9-13-23(36-3)28(22)37-4)29(34)24(39-31)18-20-16-14-19(2)15-17-20/h6-18,27H,5H2,1-4H3. The van der Waals surface area contributed by atoms with Crippen molar-refractivity contribution in [1.82, 2.24) is 4.57 Å². The predicted octanol–water partition coefficient (Wildman–Crippen LogP) is 4.26. The Labute approximate surface area is 229 Å². The van der Waals surface area contributed by atoms with Gasteiger partial charge in [0.15, 0.2) is 16.3 Å². The number of aryl methyl sites for hydroxylation is 1. The second-order valence-electron chi connectivity index (χ2n) is 8.92. The molecule has 8 heteroatoms. The molecule has 0 aliphatic carbocycles. The van der Waals surface area contributed by atoms with E-state index in [0.29, 0.717) is 32.1 Å². The molecular formula is C31H28N2O5S. The minimum Gasteiger partial charge on any atom is -0.493 e. The molecule has 1 atom stereocenters. The van der Waals surface area contributed by atoms with E-state index in [9.17, 15) is 9.59 Å². The Morgan fingerprint density at radius 3 is 2.41 bits per heavy atom. The summed E-state index contributed by atoms with van der Waals surface area (Å²) in [6.07, 6.45) is 1.85. The molecule has 1 aliphatic rings. The van der Waals surface area contributed by atoms with Crippen LogP contribution in [0, 0.1) is 6.92 Å².